The Kier molecular flexibility index (Phi) is 4.37. The number of cyclic esters (lactones) is 1. The average molecular weight is 290 g/mol. The predicted molar refractivity (Wildman–Crippen MR) is 67.5 cm³/mol. The minimum absolute atomic E-state index is 0.245. The molecule has 0 spiro atoms. The van der Waals surface area contributed by atoms with Gasteiger partial charge in [-0.3, -0.25) is 0 Å². The SMILES string of the molecule is O=C1OC(CNCCc2ccc(Cl)cc2)CC1(F)F. The van der Waals surface area contributed by atoms with E-state index in [-0.39, 0.29) is 6.54 Å². The van der Waals surface area contributed by atoms with Crippen molar-refractivity contribution in [1.29, 1.82) is 0 Å². The maximum Gasteiger partial charge on any atom is 0.377 e. The largest absolute Gasteiger partial charge is 0.456 e. The first-order valence-electron chi connectivity index (χ1n) is 6.01. The van der Waals surface area contributed by atoms with Crippen molar-refractivity contribution in [1.82, 2.24) is 5.32 Å². The summed E-state index contributed by atoms with van der Waals surface area (Å²) in [6.07, 6.45) is -0.527. The summed E-state index contributed by atoms with van der Waals surface area (Å²) in [5.74, 6) is -4.75. The van der Waals surface area contributed by atoms with Crippen LogP contribution in [0.15, 0.2) is 24.3 Å². The fraction of sp³-hybridized carbons (Fsp3) is 0.462. The molecule has 0 amide bonds. The Morgan fingerprint density at radius 3 is 2.63 bits per heavy atom. The van der Waals surface area contributed by atoms with E-state index in [0.717, 1.165) is 12.0 Å². The summed E-state index contributed by atoms with van der Waals surface area (Å²) in [6.45, 7) is 0.871. The first kappa shape index (κ1) is 14.2. The maximum atomic E-state index is 12.9. The van der Waals surface area contributed by atoms with E-state index in [1.807, 2.05) is 12.1 Å². The molecule has 0 bridgehead atoms. The quantitative estimate of drug-likeness (QED) is 0.668. The Bertz CT molecular complexity index is 450. The number of carbonyl (C=O) groups excluding carboxylic acids is 1. The monoisotopic (exact) mass is 289 g/mol. The third kappa shape index (κ3) is 3.88. The zero-order valence-corrected chi connectivity index (χ0v) is 10.9. The van der Waals surface area contributed by atoms with Gasteiger partial charge in [0.1, 0.15) is 6.10 Å². The lowest BCUT2D eigenvalue weighted by Crippen LogP contribution is -2.28. The molecular formula is C13H14ClF2NO2. The van der Waals surface area contributed by atoms with Gasteiger partial charge in [-0.05, 0) is 30.7 Å². The predicted octanol–water partition coefficient (Wildman–Crippen LogP) is 2.42. The van der Waals surface area contributed by atoms with Gasteiger partial charge in [-0.15, -0.1) is 0 Å². The van der Waals surface area contributed by atoms with E-state index in [0.29, 0.717) is 11.6 Å². The van der Waals surface area contributed by atoms with Crippen LogP contribution in [0.4, 0.5) is 8.78 Å². The van der Waals surface area contributed by atoms with E-state index in [4.69, 9.17) is 11.6 Å². The molecule has 1 saturated heterocycles. The van der Waals surface area contributed by atoms with Crippen LogP contribution in [-0.4, -0.2) is 31.1 Å². The van der Waals surface area contributed by atoms with Crippen LogP contribution < -0.4 is 5.32 Å². The number of ether oxygens (including phenoxy) is 1. The summed E-state index contributed by atoms with van der Waals surface area (Å²) in [5, 5.41) is 3.68. The lowest BCUT2D eigenvalue weighted by molar-refractivity contribution is -0.158. The summed E-state index contributed by atoms with van der Waals surface area (Å²) >= 11 is 5.76. The third-order valence-corrected chi connectivity index (χ3v) is 3.18. The summed E-state index contributed by atoms with van der Waals surface area (Å²) in [6, 6.07) is 7.42. The molecule has 1 aromatic carbocycles. The van der Waals surface area contributed by atoms with Crippen molar-refractivity contribution >= 4 is 17.6 Å². The molecule has 1 unspecified atom stereocenters. The Morgan fingerprint density at radius 1 is 1.37 bits per heavy atom. The normalized spacial score (nSPS) is 21.4. The highest BCUT2D eigenvalue weighted by Crippen LogP contribution is 2.30. The number of alkyl halides is 2. The number of rotatable bonds is 5. The second kappa shape index (κ2) is 5.84. The first-order chi connectivity index (χ1) is 8.97. The van der Waals surface area contributed by atoms with E-state index in [2.05, 4.69) is 10.1 Å². The molecule has 1 heterocycles. The molecule has 1 aliphatic heterocycles. The molecule has 6 heteroatoms. The highest BCUT2D eigenvalue weighted by molar-refractivity contribution is 6.30. The minimum atomic E-state index is -3.33. The lowest BCUT2D eigenvalue weighted by atomic mass is 10.1. The molecule has 0 saturated carbocycles. The van der Waals surface area contributed by atoms with Gasteiger partial charge in [-0.25, -0.2) is 4.79 Å². The highest BCUT2D eigenvalue weighted by Gasteiger charge is 2.50. The second-order valence-electron chi connectivity index (χ2n) is 4.52. The standard InChI is InChI=1S/C13H14ClF2NO2/c14-10-3-1-9(2-4-10)5-6-17-8-11-7-13(15,16)12(18)19-11/h1-4,11,17H,5-8H2. The second-order valence-corrected chi connectivity index (χ2v) is 4.95. The van der Waals surface area contributed by atoms with E-state index in [1.54, 1.807) is 12.1 Å². The molecule has 1 N–H and O–H groups in total. The van der Waals surface area contributed by atoms with Crippen molar-refractivity contribution in [3.05, 3.63) is 34.9 Å². The fourth-order valence-corrected chi connectivity index (χ4v) is 2.04. The Hall–Kier alpha value is -1.20. The van der Waals surface area contributed by atoms with Crippen LogP contribution in [0.1, 0.15) is 12.0 Å². The number of carbonyl (C=O) groups is 1. The van der Waals surface area contributed by atoms with Crippen LogP contribution >= 0.6 is 11.6 Å². The summed E-state index contributed by atoms with van der Waals surface area (Å²) in [4.78, 5) is 10.8. The van der Waals surface area contributed by atoms with Crippen molar-refractivity contribution in [3.63, 3.8) is 0 Å². The van der Waals surface area contributed by atoms with Crippen LogP contribution in [0.2, 0.25) is 5.02 Å². The van der Waals surface area contributed by atoms with Crippen LogP contribution in [-0.2, 0) is 16.0 Å². The number of hydrogen-bond acceptors (Lipinski definition) is 3. The average Bonchev–Trinajstić information content (AvgIpc) is 2.61. The molecule has 1 aromatic rings. The number of esters is 1. The van der Waals surface area contributed by atoms with Crippen molar-refractivity contribution < 1.29 is 18.3 Å². The minimum Gasteiger partial charge on any atom is -0.456 e. The summed E-state index contributed by atoms with van der Waals surface area (Å²) in [7, 11) is 0. The molecule has 1 aliphatic rings. The van der Waals surface area contributed by atoms with Crippen molar-refractivity contribution in [2.45, 2.75) is 24.9 Å². The molecule has 104 valence electrons. The molecule has 2 rings (SSSR count). The topological polar surface area (TPSA) is 38.3 Å². The van der Waals surface area contributed by atoms with E-state index in [9.17, 15) is 13.6 Å². The molecule has 0 aromatic heterocycles. The van der Waals surface area contributed by atoms with Crippen LogP contribution in [0, 0.1) is 0 Å². The van der Waals surface area contributed by atoms with Gasteiger partial charge in [0.2, 0.25) is 0 Å². The number of nitrogens with one attached hydrogen (secondary N) is 1. The van der Waals surface area contributed by atoms with Crippen molar-refractivity contribution in [2.24, 2.45) is 0 Å². The van der Waals surface area contributed by atoms with Gasteiger partial charge < -0.3 is 10.1 Å². The van der Waals surface area contributed by atoms with Gasteiger partial charge in [-0.2, -0.15) is 8.78 Å². The highest BCUT2D eigenvalue weighted by atomic mass is 35.5. The summed E-state index contributed by atoms with van der Waals surface area (Å²) in [5.41, 5.74) is 1.10. The van der Waals surface area contributed by atoms with Gasteiger partial charge in [0.25, 0.3) is 0 Å². The Morgan fingerprint density at radius 2 is 2.05 bits per heavy atom. The van der Waals surface area contributed by atoms with E-state index in [1.165, 1.54) is 0 Å². The zero-order valence-electron chi connectivity index (χ0n) is 10.2. The molecule has 0 aliphatic carbocycles. The molecule has 19 heavy (non-hydrogen) atoms. The smallest absolute Gasteiger partial charge is 0.377 e. The lowest BCUT2D eigenvalue weighted by Gasteiger charge is -2.09. The molecule has 1 fully saturated rings. The van der Waals surface area contributed by atoms with E-state index < -0.39 is 24.4 Å². The Balaban J connectivity index is 1.68. The molecular weight excluding hydrogens is 276 g/mol. The number of benzene rings is 1. The molecule has 0 radical (unpaired) electrons. The van der Waals surface area contributed by atoms with Gasteiger partial charge in [0.15, 0.2) is 0 Å². The number of halogens is 3. The maximum absolute atomic E-state index is 12.9. The van der Waals surface area contributed by atoms with Gasteiger partial charge in [0, 0.05) is 11.6 Å². The van der Waals surface area contributed by atoms with E-state index >= 15 is 0 Å². The Labute approximate surface area is 114 Å². The van der Waals surface area contributed by atoms with Crippen molar-refractivity contribution in [3.8, 4) is 0 Å². The van der Waals surface area contributed by atoms with Crippen LogP contribution in [0.3, 0.4) is 0 Å². The third-order valence-electron chi connectivity index (χ3n) is 2.93. The van der Waals surface area contributed by atoms with Crippen LogP contribution in [0.25, 0.3) is 0 Å². The van der Waals surface area contributed by atoms with Gasteiger partial charge in [0.05, 0.1) is 6.42 Å². The first-order valence-corrected chi connectivity index (χ1v) is 6.39. The van der Waals surface area contributed by atoms with Crippen molar-refractivity contribution in [2.75, 3.05) is 13.1 Å². The fourth-order valence-electron chi connectivity index (χ4n) is 1.91. The zero-order chi connectivity index (χ0) is 13.9. The summed E-state index contributed by atoms with van der Waals surface area (Å²) < 4.78 is 30.3. The molecule has 1 atom stereocenters. The van der Waals surface area contributed by atoms with Gasteiger partial charge >= 0.3 is 11.9 Å². The van der Waals surface area contributed by atoms with Crippen LogP contribution in [0.5, 0.6) is 0 Å². The molecule has 3 nitrogen and oxygen atoms in total. The van der Waals surface area contributed by atoms with Gasteiger partial charge in [-0.1, -0.05) is 23.7 Å². The number of hydrogen-bond donors (Lipinski definition) is 1.